The molecule has 7 heteroatoms. The number of aryl methyl sites for hydroxylation is 1. The van der Waals surface area contributed by atoms with Crippen molar-refractivity contribution in [2.24, 2.45) is 0 Å². The maximum absolute atomic E-state index is 13.7. The molecule has 184 valence electrons. The summed E-state index contributed by atoms with van der Waals surface area (Å²) in [6, 6.07) is 6.59. The van der Waals surface area contributed by atoms with Crippen molar-refractivity contribution in [3.63, 3.8) is 0 Å². The molecule has 33 heavy (non-hydrogen) atoms. The highest BCUT2D eigenvalue weighted by atomic mass is 32.2. The maximum Gasteiger partial charge on any atom is 0.312 e. The highest BCUT2D eigenvalue weighted by Gasteiger charge is 2.47. The van der Waals surface area contributed by atoms with E-state index in [0.29, 0.717) is 11.6 Å². The molecular formula is C26H39F2NO2SSi. The molecule has 0 fully saturated rings. The maximum atomic E-state index is 13.7. The molecule has 0 N–H and O–H groups in total. The number of benzene rings is 1. The van der Waals surface area contributed by atoms with Crippen molar-refractivity contribution in [2.45, 2.75) is 89.8 Å². The fourth-order valence-corrected chi connectivity index (χ4v) is 13.4. The average molecular weight is 496 g/mol. The van der Waals surface area contributed by atoms with Gasteiger partial charge in [0.25, 0.3) is 0 Å². The number of unbranched alkanes of at least 4 members (excludes halogenated alkanes) is 1. The third-order valence-electron chi connectivity index (χ3n) is 6.38. The predicted octanol–water partition coefficient (Wildman–Crippen LogP) is 7.31. The Hall–Kier alpha value is -1.71. The molecule has 0 atom stereocenters. The molecule has 1 rings (SSSR count). The zero-order chi connectivity index (χ0) is 25.4. The first-order chi connectivity index (χ1) is 15.3. The number of halogens is 2. The van der Waals surface area contributed by atoms with Crippen LogP contribution < -0.4 is 0 Å². The van der Waals surface area contributed by atoms with Gasteiger partial charge in [0.1, 0.15) is 8.07 Å². The van der Waals surface area contributed by atoms with Crippen LogP contribution in [0.15, 0.2) is 46.2 Å². The molecular weight excluding hydrogens is 456 g/mol. The number of rotatable bonds is 10. The molecule has 3 nitrogen and oxygen atoms in total. The van der Waals surface area contributed by atoms with E-state index >= 15 is 0 Å². The Bertz CT molecular complexity index is 987. The standard InChI is InChI=1S/C26H39F2NO2SSi/c1-9-10-11-12-17-29(32(30,31)24-15-13-23(8)14-16-24)19-25(18-26(27)28)33(20(2)3,21(4)5)22(6)7/h13-16,20-22H,9-10,17,19H2,1-8H3. The van der Waals surface area contributed by atoms with Crippen molar-refractivity contribution in [3.05, 3.63) is 46.8 Å². The largest absolute Gasteiger partial charge is 0.312 e. The third-order valence-corrected chi connectivity index (χ3v) is 15.2. The number of nitrogens with zero attached hydrogens (tertiary/aromatic N) is 1. The summed E-state index contributed by atoms with van der Waals surface area (Å²) in [7, 11) is -6.51. The van der Waals surface area contributed by atoms with Gasteiger partial charge in [-0.2, -0.15) is 13.1 Å². The summed E-state index contributed by atoms with van der Waals surface area (Å²) < 4.78 is 55.8. The van der Waals surface area contributed by atoms with Crippen LogP contribution in [0.25, 0.3) is 0 Å². The van der Waals surface area contributed by atoms with Gasteiger partial charge in [0.2, 0.25) is 10.0 Å². The lowest BCUT2D eigenvalue weighted by Crippen LogP contribution is -2.50. The van der Waals surface area contributed by atoms with E-state index in [1.54, 1.807) is 24.3 Å². The van der Waals surface area contributed by atoms with Crippen molar-refractivity contribution in [2.75, 3.05) is 13.1 Å². The summed E-state index contributed by atoms with van der Waals surface area (Å²) in [6.45, 7) is 16.1. The second kappa shape index (κ2) is 12.7. The van der Waals surface area contributed by atoms with Crippen LogP contribution in [0.2, 0.25) is 16.6 Å². The molecule has 0 saturated carbocycles. The van der Waals surface area contributed by atoms with Crippen LogP contribution in [0.1, 0.15) is 66.9 Å². The molecule has 0 aliphatic heterocycles. The van der Waals surface area contributed by atoms with Gasteiger partial charge in [-0.1, -0.05) is 77.8 Å². The van der Waals surface area contributed by atoms with Crippen LogP contribution in [-0.4, -0.2) is 33.9 Å². The van der Waals surface area contributed by atoms with Gasteiger partial charge in [0, 0.05) is 13.0 Å². The van der Waals surface area contributed by atoms with Crippen molar-refractivity contribution in [1.29, 1.82) is 0 Å². The van der Waals surface area contributed by atoms with E-state index in [4.69, 9.17) is 0 Å². The van der Waals surface area contributed by atoms with Gasteiger partial charge in [-0.15, -0.1) is 5.92 Å². The Morgan fingerprint density at radius 1 is 0.970 bits per heavy atom. The van der Waals surface area contributed by atoms with Crippen molar-refractivity contribution in [3.8, 4) is 11.8 Å². The van der Waals surface area contributed by atoms with Crippen LogP contribution in [0.3, 0.4) is 0 Å². The Morgan fingerprint density at radius 3 is 1.91 bits per heavy atom. The summed E-state index contributed by atoms with van der Waals surface area (Å²) in [6.07, 6.45) is -0.389. The lowest BCUT2D eigenvalue weighted by molar-refractivity contribution is 0.422. The molecule has 0 aromatic heterocycles. The van der Waals surface area contributed by atoms with E-state index in [1.165, 1.54) is 4.31 Å². The first-order valence-electron chi connectivity index (χ1n) is 11.6. The molecule has 0 amide bonds. The van der Waals surface area contributed by atoms with Gasteiger partial charge in [-0.3, -0.25) is 0 Å². The summed E-state index contributed by atoms with van der Waals surface area (Å²) >= 11 is 0. The van der Waals surface area contributed by atoms with Crippen molar-refractivity contribution >= 4 is 18.1 Å². The van der Waals surface area contributed by atoms with E-state index in [-0.39, 0.29) is 34.6 Å². The second-order valence-corrected chi connectivity index (χ2v) is 17.3. The van der Waals surface area contributed by atoms with Gasteiger partial charge in [-0.05, 0) is 47.3 Å². The lowest BCUT2D eigenvalue weighted by Gasteiger charge is -2.45. The molecule has 1 aromatic carbocycles. The number of hydrogen-bond acceptors (Lipinski definition) is 2. The molecule has 0 spiro atoms. The minimum Gasteiger partial charge on any atom is -0.207 e. The van der Waals surface area contributed by atoms with Gasteiger partial charge in [0.05, 0.1) is 11.4 Å². The Morgan fingerprint density at radius 2 is 1.48 bits per heavy atom. The van der Waals surface area contributed by atoms with E-state index in [2.05, 4.69) is 59.1 Å². The fourth-order valence-electron chi connectivity index (χ4n) is 5.06. The van der Waals surface area contributed by atoms with Crippen molar-refractivity contribution < 1.29 is 17.2 Å². The minimum absolute atomic E-state index is 0.0476. The van der Waals surface area contributed by atoms with E-state index in [9.17, 15) is 17.2 Å². The first kappa shape index (κ1) is 29.3. The summed E-state index contributed by atoms with van der Waals surface area (Å²) in [5.74, 6) is 5.94. The van der Waals surface area contributed by atoms with Crippen LogP contribution >= 0.6 is 0 Å². The molecule has 0 unspecified atom stereocenters. The smallest absolute Gasteiger partial charge is 0.207 e. The van der Waals surface area contributed by atoms with Crippen LogP contribution in [0, 0.1) is 18.8 Å². The molecule has 0 aliphatic rings. The Kier molecular flexibility index (Phi) is 11.3. The average Bonchev–Trinajstić information content (AvgIpc) is 2.69. The highest BCUT2D eigenvalue weighted by molar-refractivity contribution is 7.89. The second-order valence-electron chi connectivity index (χ2n) is 9.45. The zero-order valence-corrected chi connectivity index (χ0v) is 23.1. The first-order valence-corrected chi connectivity index (χ1v) is 15.3. The monoisotopic (exact) mass is 495 g/mol. The van der Waals surface area contributed by atoms with Gasteiger partial charge >= 0.3 is 6.08 Å². The molecule has 1 aromatic rings. The summed E-state index contributed by atoms with van der Waals surface area (Å²) in [5.41, 5.74) is 3.68. The van der Waals surface area contributed by atoms with E-state index in [1.807, 2.05) is 13.8 Å². The van der Waals surface area contributed by atoms with Crippen LogP contribution in [0.4, 0.5) is 8.78 Å². The predicted molar refractivity (Wildman–Crippen MR) is 136 cm³/mol. The Balaban J connectivity index is 3.73. The SMILES string of the molecule is CCCC#CCN(CC(=C=C(F)F)[Si](C(C)C)(C(C)C)C(C)C)S(=O)(=O)c1ccc(C)cc1. The lowest BCUT2D eigenvalue weighted by atomic mass is 10.2. The molecule has 0 saturated heterocycles. The molecule has 0 radical (unpaired) electrons. The quantitative estimate of drug-likeness (QED) is 0.194. The van der Waals surface area contributed by atoms with Gasteiger partial charge in [-0.25, -0.2) is 8.42 Å². The van der Waals surface area contributed by atoms with Crippen LogP contribution in [-0.2, 0) is 10.0 Å². The number of sulfonamides is 1. The highest BCUT2D eigenvalue weighted by Crippen LogP contribution is 2.46. The molecule has 0 heterocycles. The Labute approximate surface area is 201 Å². The molecule has 0 aliphatic carbocycles. The van der Waals surface area contributed by atoms with E-state index in [0.717, 1.165) is 12.0 Å². The number of hydrogen-bond donors (Lipinski definition) is 0. The van der Waals surface area contributed by atoms with Crippen LogP contribution in [0.5, 0.6) is 0 Å². The third kappa shape index (κ3) is 7.13. The minimum atomic E-state index is -3.94. The van der Waals surface area contributed by atoms with Crippen molar-refractivity contribution in [1.82, 2.24) is 4.31 Å². The van der Waals surface area contributed by atoms with Gasteiger partial charge < -0.3 is 0 Å². The zero-order valence-electron chi connectivity index (χ0n) is 21.3. The fraction of sp³-hybridized carbons (Fsp3) is 0.577. The topological polar surface area (TPSA) is 37.4 Å². The summed E-state index contributed by atoms with van der Waals surface area (Å²) in [4.78, 5) is 0.139. The summed E-state index contributed by atoms with van der Waals surface area (Å²) in [5, 5.41) is 0.440. The van der Waals surface area contributed by atoms with Gasteiger partial charge in [0.15, 0.2) is 0 Å². The normalized spacial score (nSPS) is 12.2. The molecule has 0 bridgehead atoms. The van der Waals surface area contributed by atoms with E-state index < -0.39 is 24.2 Å².